The maximum Gasteiger partial charge on any atom is 0.0452 e. The summed E-state index contributed by atoms with van der Waals surface area (Å²) in [6.45, 7) is 14.0. The Bertz CT molecular complexity index is 1630. The van der Waals surface area contributed by atoms with Gasteiger partial charge in [0.05, 0.1) is 0 Å². The van der Waals surface area contributed by atoms with E-state index in [0.717, 1.165) is 0 Å². The van der Waals surface area contributed by atoms with E-state index in [1.54, 1.807) is 0 Å². The molecular formula is C30H26S4. The van der Waals surface area contributed by atoms with Gasteiger partial charge in [-0.05, 0) is 95.8 Å². The summed E-state index contributed by atoms with van der Waals surface area (Å²) in [4.78, 5) is 11.3. The van der Waals surface area contributed by atoms with Crippen LogP contribution in [0.3, 0.4) is 0 Å². The summed E-state index contributed by atoms with van der Waals surface area (Å²) >= 11 is 7.76. The van der Waals surface area contributed by atoms with Gasteiger partial charge in [0.1, 0.15) is 0 Å². The van der Waals surface area contributed by atoms with Crippen molar-refractivity contribution in [2.45, 2.75) is 52.4 Å². The second-order valence-corrected chi connectivity index (χ2v) is 15.4. The smallest absolute Gasteiger partial charge is 0.0452 e. The van der Waals surface area contributed by atoms with Crippen LogP contribution in [0.2, 0.25) is 0 Å². The number of hydrogen-bond donors (Lipinski definition) is 0. The van der Waals surface area contributed by atoms with Crippen molar-refractivity contribution < 1.29 is 0 Å². The molecule has 0 atom stereocenters. The molecule has 0 bridgehead atoms. The van der Waals surface area contributed by atoms with Gasteiger partial charge in [-0.1, -0.05) is 27.7 Å². The van der Waals surface area contributed by atoms with Crippen molar-refractivity contribution >= 4 is 45.3 Å². The van der Waals surface area contributed by atoms with Crippen LogP contribution in [0.25, 0.3) is 40.4 Å². The van der Waals surface area contributed by atoms with Crippen molar-refractivity contribution in [3.05, 3.63) is 80.5 Å². The molecule has 0 radical (unpaired) electrons. The zero-order chi connectivity index (χ0) is 23.6. The molecular weight excluding hydrogens is 489 g/mol. The van der Waals surface area contributed by atoms with Crippen LogP contribution in [0.4, 0.5) is 0 Å². The third-order valence-corrected chi connectivity index (χ3v) is 12.5. The topological polar surface area (TPSA) is 0 Å². The molecule has 0 N–H and O–H groups in total. The molecule has 2 aliphatic carbocycles. The highest BCUT2D eigenvalue weighted by Gasteiger charge is 2.43. The number of aryl methyl sites for hydroxylation is 2. The molecule has 4 aromatic heterocycles. The van der Waals surface area contributed by atoms with E-state index >= 15 is 0 Å². The van der Waals surface area contributed by atoms with Gasteiger partial charge in [-0.15, -0.1) is 45.3 Å². The van der Waals surface area contributed by atoms with Crippen LogP contribution in [0.15, 0.2) is 48.5 Å². The summed E-state index contributed by atoms with van der Waals surface area (Å²) in [5.74, 6) is 0. The summed E-state index contributed by atoms with van der Waals surface area (Å²) in [6, 6.07) is 19.0. The van der Waals surface area contributed by atoms with Crippen molar-refractivity contribution in [2.24, 2.45) is 0 Å². The van der Waals surface area contributed by atoms with Gasteiger partial charge in [0.15, 0.2) is 0 Å². The molecule has 0 fully saturated rings. The summed E-state index contributed by atoms with van der Waals surface area (Å²) < 4.78 is 0. The molecule has 5 aromatic rings. The van der Waals surface area contributed by atoms with E-state index in [0.29, 0.717) is 0 Å². The largest absolute Gasteiger partial charge is 0.140 e. The van der Waals surface area contributed by atoms with Gasteiger partial charge in [-0.2, -0.15) is 0 Å². The number of rotatable bonds is 2. The fourth-order valence-electron chi connectivity index (χ4n) is 5.82. The van der Waals surface area contributed by atoms with Gasteiger partial charge in [0.25, 0.3) is 0 Å². The Balaban J connectivity index is 1.36. The first-order valence-electron chi connectivity index (χ1n) is 11.8. The Morgan fingerprint density at radius 3 is 1.62 bits per heavy atom. The first kappa shape index (κ1) is 21.3. The van der Waals surface area contributed by atoms with E-state index in [1.807, 2.05) is 45.3 Å². The fraction of sp³-hybridized carbons (Fsp3) is 0.267. The standard InChI is InChI=1S/C30H26S4/c1-15-7-8-23(31-15)24-9-10-25(33-24)26-14-22-28(34-26)18-13-19-17(12-20(18)30(22,5)6)27-21(29(19,3)4)11-16(2)32-27/h7-14H,1-6H3. The van der Waals surface area contributed by atoms with E-state index < -0.39 is 0 Å². The lowest BCUT2D eigenvalue weighted by Crippen LogP contribution is -2.16. The Morgan fingerprint density at radius 2 is 1.00 bits per heavy atom. The third-order valence-electron chi connectivity index (χ3n) is 7.76. The minimum Gasteiger partial charge on any atom is -0.140 e. The van der Waals surface area contributed by atoms with E-state index in [4.69, 9.17) is 0 Å². The summed E-state index contributed by atoms with van der Waals surface area (Å²) in [7, 11) is 0. The molecule has 0 unspecified atom stereocenters. The Hall–Kier alpha value is -1.98. The molecule has 0 aliphatic heterocycles. The van der Waals surface area contributed by atoms with Gasteiger partial charge in [-0.25, -0.2) is 0 Å². The van der Waals surface area contributed by atoms with Crippen molar-refractivity contribution in [1.29, 1.82) is 0 Å². The lowest BCUT2D eigenvalue weighted by atomic mass is 9.79. The highest BCUT2D eigenvalue weighted by Crippen LogP contribution is 2.60. The predicted molar refractivity (Wildman–Crippen MR) is 153 cm³/mol. The Labute approximate surface area is 217 Å². The van der Waals surface area contributed by atoms with Crippen molar-refractivity contribution in [2.75, 3.05) is 0 Å². The van der Waals surface area contributed by atoms with Gasteiger partial charge < -0.3 is 0 Å². The van der Waals surface area contributed by atoms with Crippen LogP contribution in [-0.4, -0.2) is 0 Å². The quantitative estimate of drug-likeness (QED) is 0.220. The first-order valence-corrected chi connectivity index (χ1v) is 15.0. The molecule has 2 aliphatic rings. The summed E-state index contributed by atoms with van der Waals surface area (Å²) in [6.07, 6.45) is 0. The fourth-order valence-corrected chi connectivity index (χ4v) is 10.4. The van der Waals surface area contributed by atoms with E-state index in [9.17, 15) is 0 Å². The van der Waals surface area contributed by atoms with Gasteiger partial charge >= 0.3 is 0 Å². The lowest BCUT2D eigenvalue weighted by Gasteiger charge is -2.24. The van der Waals surface area contributed by atoms with Crippen LogP contribution in [0, 0.1) is 13.8 Å². The normalized spacial score (nSPS) is 16.4. The van der Waals surface area contributed by atoms with Crippen LogP contribution in [-0.2, 0) is 10.8 Å². The summed E-state index contributed by atoms with van der Waals surface area (Å²) in [5, 5.41) is 0. The molecule has 0 nitrogen and oxygen atoms in total. The van der Waals surface area contributed by atoms with Crippen LogP contribution >= 0.6 is 45.3 Å². The Morgan fingerprint density at radius 1 is 0.471 bits per heavy atom. The molecule has 0 saturated carbocycles. The minimum atomic E-state index is 0.0264. The lowest BCUT2D eigenvalue weighted by molar-refractivity contribution is 0.653. The maximum atomic E-state index is 2.54. The molecule has 170 valence electrons. The van der Waals surface area contributed by atoms with Gasteiger partial charge in [-0.3, -0.25) is 0 Å². The number of fused-ring (bicyclic) bond motifs is 6. The second-order valence-electron chi connectivity index (χ2n) is 10.7. The highest BCUT2D eigenvalue weighted by molar-refractivity contribution is 7.27. The van der Waals surface area contributed by atoms with E-state index in [1.165, 1.54) is 72.4 Å². The average molecular weight is 515 g/mol. The Kier molecular flexibility index (Phi) is 4.28. The van der Waals surface area contributed by atoms with Crippen molar-refractivity contribution in [1.82, 2.24) is 0 Å². The van der Waals surface area contributed by atoms with E-state index in [2.05, 4.69) is 90.1 Å². The highest BCUT2D eigenvalue weighted by atomic mass is 32.1. The summed E-state index contributed by atoms with van der Waals surface area (Å²) in [5.41, 5.74) is 9.02. The second kappa shape index (κ2) is 6.82. The average Bonchev–Trinajstić information content (AvgIpc) is 3.58. The zero-order valence-electron chi connectivity index (χ0n) is 20.3. The minimum absolute atomic E-state index is 0.0264. The first-order chi connectivity index (χ1) is 16.1. The molecule has 0 spiro atoms. The van der Waals surface area contributed by atoms with Crippen molar-refractivity contribution in [3.8, 4) is 40.4 Å². The van der Waals surface area contributed by atoms with Gasteiger partial charge in [0, 0.05) is 49.8 Å². The molecule has 4 heterocycles. The number of hydrogen-bond acceptors (Lipinski definition) is 4. The number of benzene rings is 1. The monoisotopic (exact) mass is 514 g/mol. The molecule has 0 saturated heterocycles. The van der Waals surface area contributed by atoms with Crippen molar-refractivity contribution in [3.63, 3.8) is 0 Å². The SMILES string of the molecule is Cc1ccc(-c2ccc(-c3cc4c(s3)-c3cc5c(cc3C4(C)C)-c3sc(C)cc3C5(C)C)s2)s1. The van der Waals surface area contributed by atoms with Crippen LogP contribution < -0.4 is 0 Å². The molecule has 34 heavy (non-hydrogen) atoms. The molecule has 4 heteroatoms. The van der Waals surface area contributed by atoms with Gasteiger partial charge in [0.2, 0.25) is 0 Å². The third kappa shape index (κ3) is 2.74. The maximum absolute atomic E-state index is 2.54. The van der Waals surface area contributed by atoms with Crippen LogP contribution in [0.1, 0.15) is 59.7 Å². The molecule has 1 aromatic carbocycles. The zero-order valence-corrected chi connectivity index (χ0v) is 23.5. The molecule has 0 amide bonds. The van der Waals surface area contributed by atoms with Crippen LogP contribution in [0.5, 0.6) is 0 Å². The predicted octanol–water partition coefficient (Wildman–Crippen LogP) is 10.5. The van der Waals surface area contributed by atoms with E-state index in [-0.39, 0.29) is 10.8 Å². The number of thiophene rings is 4. The molecule has 7 rings (SSSR count).